The number of halogens is 8. The molecular weight excluding hydrogens is 800 g/mol. The number of phenols is 1. The van der Waals surface area contributed by atoms with E-state index in [-0.39, 0.29) is 18.1 Å². The maximum atomic E-state index is 14.6. The van der Waals surface area contributed by atoms with Crippen molar-refractivity contribution in [2.45, 2.75) is 116 Å². The first-order valence-electron chi connectivity index (χ1n) is 20.6. The van der Waals surface area contributed by atoms with Crippen LogP contribution in [0.5, 0.6) is 34.5 Å². The number of phenolic OH excluding ortho intramolecular Hbond substituents is 1. The Morgan fingerprint density at radius 2 is 0.850 bits per heavy atom. The monoisotopic (exact) mass is 854 g/mol. The van der Waals surface area contributed by atoms with Crippen LogP contribution in [0.1, 0.15) is 115 Å². The Hall–Kier alpha value is -4.88. The van der Waals surface area contributed by atoms with Gasteiger partial charge in [-0.3, -0.25) is 0 Å². The predicted octanol–water partition coefficient (Wildman–Crippen LogP) is 14.2. The van der Waals surface area contributed by atoms with E-state index in [1.54, 1.807) is 6.92 Å². The fourth-order valence-corrected chi connectivity index (χ4v) is 6.53. The minimum atomic E-state index is -4.16. The minimum Gasteiger partial charge on any atom is -0.505 e. The van der Waals surface area contributed by atoms with Crippen molar-refractivity contribution in [3.05, 3.63) is 107 Å². The standard InChI is InChI=1S/C46H54F8O6/c1-3-56-40-29-27-38(42(48)44(40)50)46(53,54)60-36-24-20-34(21-25-36)58-31-15-11-7-5-9-13-17-32(2)16-12-8-4-6-10-14-30-57-33-18-22-35(23-19-33)59-45(51,52)37-26-28-39(55)43(49)41(37)47/h18-29,32,55H,3-17,30-31H2,1-2H3. The topological polar surface area (TPSA) is 66.4 Å². The van der Waals surface area contributed by atoms with Gasteiger partial charge in [0.15, 0.2) is 23.1 Å². The summed E-state index contributed by atoms with van der Waals surface area (Å²) in [6, 6.07) is 13.9. The van der Waals surface area contributed by atoms with Crippen molar-refractivity contribution in [2.75, 3.05) is 19.8 Å². The van der Waals surface area contributed by atoms with Gasteiger partial charge in [-0.25, -0.2) is 8.78 Å². The van der Waals surface area contributed by atoms with Crippen LogP contribution in [0, 0.1) is 29.2 Å². The van der Waals surface area contributed by atoms with Gasteiger partial charge in [-0.2, -0.15) is 26.3 Å². The van der Waals surface area contributed by atoms with Gasteiger partial charge in [-0.05, 0) is 98.5 Å². The number of alkyl halides is 4. The van der Waals surface area contributed by atoms with Crippen LogP contribution >= 0.6 is 0 Å². The average Bonchev–Trinajstić information content (AvgIpc) is 3.21. The highest BCUT2D eigenvalue weighted by molar-refractivity contribution is 5.36. The van der Waals surface area contributed by atoms with E-state index >= 15 is 0 Å². The molecule has 0 heterocycles. The second kappa shape index (κ2) is 23.8. The van der Waals surface area contributed by atoms with Crippen molar-refractivity contribution in [2.24, 2.45) is 5.92 Å². The third kappa shape index (κ3) is 15.0. The number of rotatable bonds is 28. The Balaban J connectivity index is 0.950. The van der Waals surface area contributed by atoms with Gasteiger partial charge >= 0.3 is 12.2 Å². The summed E-state index contributed by atoms with van der Waals surface area (Å²) >= 11 is 0. The van der Waals surface area contributed by atoms with E-state index in [2.05, 4.69) is 11.7 Å². The predicted molar refractivity (Wildman–Crippen MR) is 212 cm³/mol. The molecule has 4 aromatic rings. The maximum Gasteiger partial charge on any atom is 0.429 e. The van der Waals surface area contributed by atoms with E-state index in [0.717, 1.165) is 63.5 Å². The fraction of sp³-hybridized carbons (Fsp3) is 0.478. The molecule has 0 aliphatic carbocycles. The summed E-state index contributed by atoms with van der Waals surface area (Å²) in [6.07, 6.45) is 7.18. The van der Waals surface area contributed by atoms with Crippen LogP contribution < -0.4 is 23.7 Å². The number of benzene rings is 4. The summed E-state index contributed by atoms with van der Waals surface area (Å²) in [5, 5.41) is 9.17. The van der Waals surface area contributed by atoms with Crippen molar-refractivity contribution in [3.8, 4) is 34.5 Å². The van der Waals surface area contributed by atoms with Crippen LogP contribution in [0.15, 0.2) is 72.8 Å². The van der Waals surface area contributed by atoms with E-state index in [4.69, 9.17) is 24.1 Å². The van der Waals surface area contributed by atoms with Gasteiger partial charge in [-0.1, -0.05) is 84.0 Å². The molecule has 0 aromatic heterocycles. The van der Waals surface area contributed by atoms with Crippen LogP contribution in [0.25, 0.3) is 0 Å². The molecule has 0 spiro atoms. The Bertz CT molecular complexity index is 1870. The van der Waals surface area contributed by atoms with E-state index in [9.17, 15) is 35.1 Å². The van der Waals surface area contributed by atoms with Gasteiger partial charge in [0, 0.05) is 0 Å². The zero-order chi connectivity index (χ0) is 43.5. The van der Waals surface area contributed by atoms with Crippen molar-refractivity contribution < 1.29 is 63.9 Å². The SMILES string of the molecule is CCOc1ccc(C(F)(F)Oc2ccc(OCCCCCCCCC(C)CCCCCCCCOc3ccc(OC(F)(F)c4ccc(O)c(F)c4F)cc3)cc2)c(F)c1F. The number of hydrogen-bond donors (Lipinski definition) is 1. The molecule has 14 heteroatoms. The number of ether oxygens (including phenoxy) is 5. The summed E-state index contributed by atoms with van der Waals surface area (Å²) in [5.41, 5.74) is -2.55. The van der Waals surface area contributed by atoms with Gasteiger partial charge in [0.2, 0.25) is 11.6 Å². The molecule has 330 valence electrons. The van der Waals surface area contributed by atoms with E-state index in [0.29, 0.717) is 42.8 Å². The zero-order valence-corrected chi connectivity index (χ0v) is 34.0. The quantitative estimate of drug-likeness (QED) is 0.0453. The van der Waals surface area contributed by atoms with Crippen molar-refractivity contribution >= 4 is 0 Å². The molecule has 6 nitrogen and oxygen atoms in total. The molecule has 1 atom stereocenters. The molecule has 0 saturated heterocycles. The van der Waals surface area contributed by atoms with Gasteiger partial charge in [0.05, 0.1) is 19.8 Å². The molecule has 0 aliphatic rings. The Kier molecular flexibility index (Phi) is 19.0. The third-order valence-electron chi connectivity index (χ3n) is 9.90. The first kappa shape index (κ1) is 47.8. The molecular formula is C46H54F8O6. The van der Waals surface area contributed by atoms with Gasteiger partial charge in [0.25, 0.3) is 0 Å². The molecule has 0 bridgehead atoms. The highest BCUT2D eigenvalue weighted by atomic mass is 19.3. The normalized spacial score (nSPS) is 12.3. The first-order valence-corrected chi connectivity index (χ1v) is 20.6. The third-order valence-corrected chi connectivity index (χ3v) is 9.90. The van der Waals surface area contributed by atoms with Crippen molar-refractivity contribution in [1.82, 2.24) is 0 Å². The number of unbranched alkanes of at least 4 members (excludes halogenated alkanes) is 10. The van der Waals surface area contributed by atoms with Crippen LogP contribution in [0.2, 0.25) is 0 Å². The first-order chi connectivity index (χ1) is 28.7. The number of aromatic hydroxyl groups is 1. The van der Waals surface area contributed by atoms with Crippen LogP contribution in [0.4, 0.5) is 35.1 Å². The summed E-state index contributed by atoms with van der Waals surface area (Å²) in [6.45, 7) is 4.88. The van der Waals surface area contributed by atoms with E-state index < -0.39 is 58.1 Å². The lowest BCUT2D eigenvalue weighted by molar-refractivity contribution is -0.188. The van der Waals surface area contributed by atoms with Crippen molar-refractivity contribution in [3.63, 3.8) is 0 Å². The van der Waals surface area contributed by atoms with E-state index in [1.165, 1.54) is 87.1 Å². The molecule has 0 amide bonds. The average molecular weight is 855 g/mol. The van der Waals surface area contributed by atoms with Crippen molar-refractivity contribution in [1.29, 1.82) is 0 Å². The Morgan fingerprint density at radius 3 is 1.30 bits per heavy atom. The molecule has 4 rings (SSSR count). The van der Waals surface area contributed by atoms with Gasteiger partial charge in [0.1, 0.15) is 34.1 Å². The minimum absolute atomic E-state index is 0.0537. The lowest BCUT2D eigenvalue weighted by atomic mass is 9.96. The molecule has 60 heavy (non-hydrogen) atoms. The van der Waals surface area contributed by atoms with E-state index in [1.807, 2.05) is 0 Å². The summed E-state index contributed by atoms with van der Waals surface area (Å²) in [4.78, 5) is 0. The van der Waals surface area contributed by atoms with Crippen LogP contribution in [0.3, 0.4) is 0 Å². The molecule has 0 aliphatic heterocycles. The molecule has 0 saturated carbocycles. The van der Waals surface area contributed by atoms with Gasteiger partial charge < -0.3 is 28.8 Å². The Morgan fingerprint density at radius 1 is 0.467 bits per heavy atom. The fourth-order valence-electron chi connectivity index (χ4n) is 6.53. The molecule has 4 aromatic carbocycles. The summed E-state index contributed by atoms with van der Waals surface area (Å²) in [5.74, 6) is -7.24. The second-order valence-corrected chi connectivity index (χ2v) is 14.7. The van der Waals surface area contributed by atoms with Crippen LogP contribution in [-0.2, 0) is 12.2 Å². The summed E-state index contributed by atoms with van der Waals surface area (Å²) in [7, 11) is 0. The molecule has 0 fully saturated rings. The molecule has 0 radical (unpaired) electrons. The highest BCUT2D eigenvalue weighted by Crippen LogP contribution is 2.38. The largest absolute Gasteiger partial charge is 0.505 e. The Labute approximate surface area is 346 Å². The smallest absolute Gasteiger partial charge is 0.429 e. The lowest BCUT2D eigenvalue weighted by Crippen LogP contribution is -2.24. The second-order valence-electron chi connectivity index (χ2n) is 14.7. The highest BCUT2D eigenvalue weighted by Gasteiger charge is 2.40. The molecule has 1 N–H and O–H groups in total. The summed E-state index contributed by atoms with van der Waals surface area (Å²) < 4.78 is 140. The lowest BCUT2D eigenvalue weighted by Gasteiger charge is -2.20. The van der Waals surface area contributed by atoms with Gasteiger partial charge in [-0.15, -0.1) is 0 Å². The number of hydrogen-bond acceptors (Lipinski definition) is 6. The maximum absolute atomic E-state index is 14.6. The van der Waals surface area contributed by atoms with Crippen LogP contribution in [-0.4, -0.2) is 24.9 Å². The molecule has 1 unspecified atom stereocenters. The zero-order valence-electron chi connectivity index (χ0n) is 34.0.